The van der Waals surface area contributed by atoms with Crippen molar-refractivity contribution < 1.29 is 4.39 Å². The molecule has 3 aromatic rings. The van der Waals surface area contributed by atoms with Crippen LogP contribution in [0.1, 0.15) is 23.6 Å². The Kier molecular flexibility index (Phi) is 4.06. The van der Waals surface area contributed by atoms with Crippen molar-refractivity contribution in [3.63, 3.8) is 0 Å². The van der Waals surface area contributed by atoms with Crippen LogP contribution in [0.5, 0.6) is 0 Å². The molecule has 0 amide bonds. The summed E-state index contributed by atoms with van der Waals surface area (Å²) in [6.07, 6.45) is 1.67. The number of nitrogens with zero attached hydrogens (tertiary/aromatic N) is 4. The number of hydrogen-bond acceptors (Lipinski definition) is 4. The minimum Gasteiger partial charge on any atom is -0.303 e. The van der Waals surface area contributed by atoms with Crippen LogP contribution in [0.3, 0.4) is 0 Å². The van der Waals surface area contributed by atoms with Crippen molar-refractivity contribution in [2.24, 2.45) is 0 Å². The van der Waals surface area contributed by atoms with E-state index < -0.39 is 6.17 Å². The molecule has 2 aromatic heterocycles. The Balaban J connectivity index is 1.80. The van der Waals surface area contributed by atoms with Gasteiger partial charge in [0.2, 0.25) is 0 Å². The molecule has 1 fully saturated rings. The summed E-state index contributed by atoms with van der Waals surface area (Å²) < 4.78 is 20.8. The van der Waals surface area contributed by atoms with E-state index in [2.05, 4.69) is 9.47 Å². The summed E-state index contributed by atoms with van der Waals surface area (Å²) in [5, 5.41) is 7.00. The number of benzene rings is 1. The van der Waals surface area contributed by atoms with Crippen LogP contribution in [-0.4, -0.2) is 45.4 Å². The maximum Gasteiger partial charge on any atom is 0.138 e. The summed E-state index contributed by atoms with van der Waals surface area (Å²) in [4.78, 5) is 2.03. The fourth-order valence-electron chi connectivity index (χ4n) is 3.38. The van der Waals surface area contributed by atoms with Gasteiger partial charge in [-0.1, -0.05) is 11.6 Å². The molecule has 0 unspecified atom stereocenters. The molecule has 1 aromatic carbocycles. The number of rotatable bonds is 2. The molecule has 7 heteroatoms. The van der Waals surface area contributed by atoms with Crippen molar-refractivity contribution in [1.29, 1.82) is 0 Å². The molecule has 0 radical (unpaired) electrons. The molecular weight excluding hydrogens is 347 g/mol. The summed E-state index contributed by atoms with van der Waals surface area (Å²) in [5.74, 6) is -0.162. The lowest BCUT2D eigenvalue weighted by Crippen LogP contribution is -2.38. The van der Waals surface area contributed by atoms with E-state index >= 15 is 0 Å². The smallest absolute Gasteiger partial charge is 0.138 e. The Morgan fingerprint density at radius 3 is 2.88 bits per heavy atom. The zero-order valence-corrected chi connectivity index (χ0v) is 15.1. The summed E-state index contributed by atoms with van der Waals surface area (Å²) >= 11 is 7.88. The van der Waals surface area contributed by atoms with Crippen molar-refractivity contribution in [3.05, 3.63) is 40.7 Å². The zero-order chi connectivity index (χ0) is 16.8. The van der Waals surface area contributed by atoms with E-state index in [1.807, 2.05) is 41.8 Å². The zero-order valence-electron chi connectivity index (χ0n) is 13.5. The van der Waals surface area contributed by atoms with Gasteiger partial charge < -0.3 is 4.90 Å². The fraction of sp³-hybridized carbons (Fsp3) is 0.412. The van der Waals surface area contributed by atoms with E-state index in [9.17, 15) is 4.39 Å². The molecule has 1 aliphatic rings. The second-order valence-electron chi connectivity index (χ2n) is 6.47. The quantitative estimate of drug-likeness (QED) is 0.683. The SMILES string of the molecule is Cc1cc(-n2ncc3cc(Cl)c([C@@H]4CCN(C)C[C@@H]4F)cc32)sn1. The number of hydrogen-bond donors (Lipinski definition) is 0. The summed E-state index contributed by atoms with van der Waals surface area (Å²) in [5.41, 5.74) is 2.80. The topological polar surface area (TPSA) is 34.0 Å². The highest BCUT2D eigenvalue weighted by atomic mass is 35.5. The Hall–Kier alpha value is -1.50. The summed E-state index contributed by atoms with van der Waals surface area (Å²) in [6.45, 7) is 3.29. The van der Waals surface area contributed by atoms with Gasteiger partial charge in [0.15, 0.2) is 0 Å². The predicted octanol–water partition coefficient (Wildman–Crippen LogP) is 4.20. The van der Waals surface area contributed by atoms with Crippen LogP contribution < -0.4 is 0 Å². The first kappa shape index (κ1) is 16.0. The molecule has 0 N–H and O–H groups in total. The van der Waals surface area contributed by atoms with Crippen molar-refractivity contribution >= 4 is 34.0 Å². The predicted molar refractivity (Wildman–Crippen MR) is 96.2 cm³/mol. The molecular formula is C17H18ClFN4S. The van der Waals surface area contributed by atoms with E-state index in [0.717, 1.165) is 40.1 Å². The Labute approximate surface area is 149 Å². The molecule has 0 bridgehead atoms. The number of halogens is 2. The third-order valence-corrected chi connectivity index (χ3v) is 5.84. The van der Waals surface area contributed by atoms with E-state index in [1.165, 1.54) is 11.5 Å². The van der Waals surface area contributed by atoms with Gasteiger partial charge in [-0.3, -0.25) is 0 Å². The lowest BCUT2D eigenvalue weighted by atomic mass is 9.87. The maximum atomic E-state index is 14.6. The first-order valence-electron chi connectivity index (χ1n) is 7.96. The lowest BCUT2D eigenvalue weighted by Gasteiger charge is -2.33. The monoisotopic (exact) mass is 364 g/mol. The second kappa shape index (κ2) is 6.10. The highest BCUT2D eigenvalue weighted by molar-refractivity contribution is 7.08. The number of likely N-dealkylation sites (tertiary alicyclic amines) is 1. The lowest BCUT2D eigenvalue weighted by molar-refractivity contribution is 0.139. The van der Waals surface area contributed by atoms with Crippen molar-refractivity contribution in [2.75, 3.05) is 20.1 Å². The van der Waals surface area contributed by atoms with Crippen LogP contribution in [0.25, 0.3) is 15.9 Å². The van der Waals surface area contributed by atoms with Crippen LogP contribution in [0.2, 0.25) is 5.02 Å². The van der Waals surface area contributed by atoms with Gasteiger partial charge in [-0.25, -0.2) is 9.07 Å². The third kappa shape index (κ3) is 2.72. The minimum absolute atomic E-state index is 0.162. The molecule has 4 rings (SSSR count). The standard InChI is InChI=1S/C17H18ClFN4S/c1-10-5-17(24-21-10)23-16-7-13(14(18)6-11(16)8-20-23)12-3-4-22(2)9-15(12)19/h5-8,12,15H,3-4,9H2,1-2H3/t12-,15-/m0/s1. The van der Waals surface area contributed by atoms with Crippen molar-refractivity contribution in [1.82, 2.24) is 19.1 Å². The van der Waals surface area contributed by atoms with Gasteiger partial charge in [0.05, 0.1) is 17.4 Å². The first-order chi connectivity index (χ1) is 11.5. The third-order valence-electron chi connectivity index (χ3n) is 4.65. The fourth-order valence-corrected chi connectivity index (χ4v) is 4.43. The Morgan fingerprint density at radius 1 is 1.33 bits per heavy atom. The number of fused-ring (bicyclic) bond motifs is 1. The first-order valence-corrected chi connectivity index (χ1v) is 9.11. The number of piperidine rings is 1. The molecule has 3 heterocycles. The van der Waals surface area contributed by atoms with E-state index in [0.29, 0.717) is 11.6 Å². The van der Waals surface area contributed by atoms with Crippen LogP contribution in [0.15, 0.2) is 24.4 Å². The average Bonchev–Trinajstić information content (AvgIpc) is 3.12. The molecule has 4 nitrogen and oxygen atoms in total. The minimum atomic E-state index is -0.902. The largest absolute Gasteiger partial charge is 0.303 e. The molecule has 1 aliphatic heterocycles. The van der Waals surface area contributed by atoms with E-state index in [4.69, 9.17) is 11.6 Å². The van der Waals surface area contributed by atoms with Crippen LogP contribution in [0, 0.1) is 6.92 Å². The normalized spacial score (nSPS) is 22.3. The van der Waals surface area contributed by atoms with Crippen molar-refractivity contribution in [2.45, 2.75) is 25.4 Å². The van der Waals surface area contributed by atoms with Crippen LogP contribution >= 0.6 is 23.1 Å². The number of aromatic nitrogens is 3. The molecule has 126 valence electrons. The number of alkyl halides is 1. The second-order valence-corrected chi connectivity index (χ2v) is 7.66. The van der Waals surface area contributed by atoms with Gasteiger partial charge in [-0.15, -0.1) is 0 Å². The summed E-state index contributed by atoms with van der Waals surface area (Å²) in [7, 11) is 1.95. The van der Waals surface area contributed by atoms with Crippen LogP contribution in [-0.2, 0) is 0 Å². The van der Waals surface area contributed by atoms with Crippen molar-refractivity contribution in [3.8, 4) is 5.00 Å². The molecule has 2 atom stereocenters. The maximum absolute atomic E-state index is 14.6. The van der Waals surface area contributed by atoms with Gasteiger partial charge in [0.1, 0.15) is 11.2 Å². The van der Waals surface area contributed by atoms with Gasteiger partial charge in [0.25, 0.3) is 0 Å². The highest BCUT2D eigenvalue weighted by Gasteiger charge is 2.30. The number of aryl methyl sites for hydroxylation is 1. The van der Waals surface area contributed by atoms with E-state index in [-0.39, 0.29) is 5.92 Å². The van der Waals surface area contributed by atoms with Gasteiger partial charge >= 0.3 is 0 Å². The summed E-state index contributed by atoms with van der Waals surface area (Å²) in [6, 6.07) is 5.90. The molecule has 24 heavy (non-hydrogen) atoms. The molecule has 0 spiro atoms. The molecule has 1 saturated heterocycles. The highest BCUT2D eigenvalue weighted by Crippen LogP contribution is 2.37. The van der Waals surface area contributed by atoms with Gasteiger partial charge in [-0.05, 0) is 62.2 Å². The average molecular weight is 365 g/mol. The molecule has 0 aliphatic carbocycles. The van der Waals surface area contributed by atoms with Crippen LogP contribution in [0.4, 0.5) is 4.39 Å². The Bertz CT molecular complexity index is 890. The van der Waals surface area contributed by atoms with E-state index in [1.54, 1.807) is 6.20 Å². The Morgan fingerprint density at radius 2 is 2.17 bits per heavy atom. The van der Waals surface area contributed by atoms with Gasteiger partial charge in [-0.2, -0.15) is 9.47 Å². The van der Waals surface area contributed by atoms with Gasteiger partial charge in [0, 0.05) is 22.9 Å². The molecule has 0 saturated carbocycles.